The summed E-state index contributed by atoms with van der Waals surface area (Å²) >= 11 is 0. The molecule has 0 radical (unpaired) electrons. The third-order valence-electron chi connectivity index (χ3n) is 3.64. The van der Waals surface area contributed by atoms with E-state index in [1.165, 1.54) is 11.1 Å². The number of carbonyl (C=O) groups is 1. The first kappa shape index (κ1) is 12.7. The topological polar surface area (TPSA) is 38.3 Å². The molecule has 0 saturated heterocycles. The standard InChI is InChI=1S/C17H17NO2/c19-17(20-12-13-6-2-1-3-7-13)18-16-11-10-14-8-4-5-9-15(14)16/h1-9,16H,10-12H2,(H,18,19)/t16-/m0/s1. The van der Waals surface area contributed by atoms with Gasteiger partial charge in [0.1, 0.15) is 6.61 Å². The Bertz CT molecular complexity index is 595. The molecule has 3 heteroatoms. The number of carbonyl (C=O) groups excluding carboxylic acids is 1. The maximum atomic E-state index is 11.8. The van der Waals surface area contributed by atoms with Gasteiger partial charge in [0.25, 0.3) is 0 Å². The largest absolute Gasteiger partial charge is 0.445 e. The van der Waals surface area contributed by atoms with Gasteiger partial charge in [-0.15, -0.1) is 0 Å². The van der Waals surface area contributed by atoms with Crippen LogP contribution in [0.3, 0.4) is 0 Å². The molecule has 3 rings (SSSR count). The fourth-order valence-electron chi connectivity index (χ4n) is 2.61. The minimum Gasteiger partial charge on any atom is -0.445 e. The second kappa shape index (κ2) is 5.78. The molecule has 0 spiro atoms. The average molecular weight is 267 g/mol. The Morgan fingerprint density at radius 2 is 1.85 bits per heavy atom. The molecule has 0 aromatic heterocycles. The lowest BCUT2D eigenvalue weighted by Crippen LogP contribution is -2.27. The number of nitrogens with one attached hydrogen (secondary N) is 1. The summed E-state index contributed by atoms with van der Waals surface area (Å²) in [4.78, 5) is 11.8. The molecule has 0 aliphatic heterocycles. The molecule has 1 aliphatic rings. The zero-order valence-corrected chi connectivity index (χ0v) is 11.2. The number of hydrogen-bond donors (Lipinski definition) is 1. The number of rotatable bonds is 3. The van der Waals surface area contributed by atoms with Crippen LogP contribution in [0.25, 0.3) is 0 Å². The van der Waals surface area contributed by atoms with Crippen molar-refractivity contribution in [3.8, 4) is 0 Å². The molecule has 20 heavy (non-hydrogen) atoms. The van der Waals surface area contributed by atoms with Gasteiger partial charge in [0.2, 0.25) is 0 Å². The van der Waals surface area contributed by atoms with E-state index in [0.29, 0.717) is 6.61 Å². The monoisotopic (exact) mass is 267 g/mol. The van der Waals surface area contributed by atoms with Crippen LogP contribution in [0.2, 0.25) is 0 Å². The van der Waals surface area contributed by atoms with Gasteiger partial charge in [-0.25, -0.2) is 4.79 Å². The smallest absolute Gasteiger partial charge is 0.407 e. The fraction of sp³-hybridized carbons (Fsp3) is 0.235. The van der Waals surface area contributed by atoms with E-state index in [1.807, 2.05) is 42.5 Å². The van der Waals surface area contributed by atoms with Crippen LogP contribution in [0.4, 0.5) is 4.79 Å². The molecule has 2 aromatic rings. The number of hydrogen-bond acceptors (Lipinski definition) is 2. The average Bonchev–Trinajstić information content (AvgIpc) is 2.90. The van der Waals surface area contributed by atoms with E-state index < -0.39 is 0 Å². The van der Waals surface area contributed by atoms with Crippen LogP contribution in [0, 0.1) is 0 Å². The maximum absolute atomic E-state index is 11.8. The molecule has 0 saturated carbocycles. The van der Waals surface area contributed by atoms with Crippen molar-refractivity contribution in [1.29, 1.82) is 0 Å². The highest BCUT2D eigenvalue weighted by atomic mass is 16.5. The molecule has 0 fully saturated rings. The van der Waals surface area contributed by atoms with Crippen LogP contribution in [-0.2, 0) is 17.8 Å². The Labute approximate surface area is 118 Å². The maximum Gasteiger partial charge on any atom is 0.407 e. The van der Waals surface area contributed by atoms with Crippen molar-refractivity contribution >= 4 is 6.09 Å². The molecule has 1 atom stereocenters. The van der Waals surface area contributed by atoms with Gasteiger partial charge in [0, 0.05) is 0 Å². The van der Waals surface area contributed by atoms with Crippen molar-refractivity contribution in [3.05, 3.63) is 71.3 Å². The molecule has 2 aromatic carbocycles. The molecule has 0 heterocycles. The Morgan fingerprint density at radius 1 is 1.10 bits per heavy atom. The van der Waals surface area contributed by atoms with Crippen molar-refractivity contribution in [2.45, 2.75) is 25.5 Å². The Hall–Kier alpha value is -2.29. The highest BCUT2D eigenvalue weighted by Crippen LogP contribution is 2.30. The van der Waals surface area contributed by atoms with Crippen molar-refractivity contribution < 1.29 is 9.53 Å². The Balaban J connectivity index is 1.55. The quantitative estimate of drug-likeness (QED) is 0.922. The summed E-state index contributed by atoms with van der Waals surface area (Å²) in [7, 11) is 0. The summed E-state index contributed by atoms with van der Waals surface area (Å²) in [6, 6.07) is 18.0. The highest BCUT2D eigenvalue weighted by Gasteiger charge is 2.23. The first-order valence-electron chi connectivity index (χ1n) is 6.88. The third kappa shape index (κ3) is 2.82. The number of amides is 1. The van der Waals surface area contributed by atoms with Crippen LogP contribution < -0.4 is 5.32 Å². The van der Waals surface area contributed by atoms with Gasteiger partial charge in [-0.3, -0.25) is 0 Å². The fourth-order valence-corrected chi connectivity index (χ4v) is 2.61. The summed E-state index contributed by atoms with van der Waals surface area (Å²) in [5, 5.41) is 2.94. The molecule has 1 N–H and O–H groups in total. The third-order valence-corrected chi connectivity index (χ3v) is 3.64. The van der Waals surface area contributed by atoms with Crippen molar-refractivity contribution in [2.24, 2.45) is 0 Å². The van der Waals surface area contributed by atoms with E-state index in [4.69, 9.17) is 4.74 Å². The first-order valence-corrected chi connectivity index (χ1v) is 6.88. The van der Waals surface area contributed by atoms with Crippen LogP contribution in [0.5, 0.6) is 0 Å². The lowest BCUT2D eigenvalue weighted by molar-refractivity contribution is 0.135. The summed E-state index contributed by atoms with van der Waals surface area (Å²) in [6.45, 7) is 0.307. The molecule has 0 bridgehead atoms. The molecular weight excluding hydrogens is 250 g/mol. The lowest BCUT2D eigenvalue weighted by atomic mass is 10.1. The summed E-state index contributed by atoms with van der Waals surface area (Å²) < 4.78 is 5.25. The normalized spacial score (nSPS) is 16.5. The van der Waals surface area contributed by atoms with Gasteiger partial charge in [0.05, 0.1) is 6.04 Å². The van der Waals surface area contributed by atoms with Gasteiger partial charge in [-0.1, -0.05) is 54.6 Å². The molecule has 102 valence electrons. The van der Waals surface area contributed by atoms with E-state index in [2.05, 4.69) is 17.4 Å². The molecule has 1 aliphatic carbocycles. The molecular formula is C17H17NO2. The van der Waals surface area contributed by atoms with Gasteiger partial charge in [-0.2, -0.15) is 0 Å². The summed E-state index contributed by atoms with van der Waals surface area (Å²) in [5.41, 5.74) is 3.53. The first-order chi connectivity index (χ1) is 9.83. The van der Waals surface area contributed by atoms with E-state index in [9.17, 15) is 4.79 Å². The molecule has 0 unspecified atom stereocenters. The number of alkyl carbamates (subject to hydrolysis) is 1. The second-order valence-corrected chi connectivity index (χ2v) is 5.00. The number of benzene rings is 2. The number of fused-ring (bicyclic) bond motifs is 1. The molecule has 3 nitrogen and oxygen atoms in total. The Kier molecular flexibility index (Phi) is 3.68. The predicted molar refractivity (Wildman–Crippen MR) is 77.3 cm³/mol. The van der Waals surface area contributed by atoms with Gasteiger partial charge in [0.15, 0.2) is 0 Å². The van der Waals surface area contributed by atoms with E-state index in [0.717, 1.165) is 18.4 Å². The number of ether oxygens (including phenoxy) is 1. The van der Waals surface area contributed by atoms with Gasteiger partial charge < -0.3 is 10.1 Å². The van der Waals surface area contributed by atoms with E-state index >= 15 is 0 Å². The predicted octanol–water partition coefficient (Wildman–Crippen LogP) is 3.60. The van der Waals surface area contributed by atoms with Gasteiger partial charge in [-0.05, 0) is 29.5 Å². The zero-order valence-electron chi connectivity index (χ0n) is 11.2. The minimum absolute atomic E-state index is 0.0782. The van der Waals surface area contributed by atoms with Crippen LogP contribution in [0.15, 0.2) is 54.6 Å². The Morgan fingerprint density at radius 3 is 2.70 bits per heavy atom. The van der Waals surface area contributed by atoms with Crippen LogP contribution in [-0.4, -0.2) is 6.09 Å². The zero-order chi connectivity index (χ0) is 13.8. The summed E-state index contributed by atoms with van der Waals surface area (Å²) in [5.74, 6) is 0. The highest BCUT2D eigenvalue weighted by molar-refractivity contribution is 5.68. The summed E-state index contributed by atoms with van der Waals surface area (Å²) in [6.07, 6.45) is 1.61. The molecule has 1 amide bonds. The van der Waals surface area contributed by atoms with Crippen molar-refractivity contribution in [1.82, 2.24) is 5.32 Å². The van der Waals surface area contributed by atoms with E-state index in [-0.39, 0.29) is 12.1 Å². The lowest BCUT2D eigenvalue weighted by Gasteiger charge is -2.14. The second-order valence-electron chi connectivity index (χ2n) is 5.00. The SMILES string of the molecule is O=C(N[C@H]1CCc2ccccc21)OCc1ccccc1. The van der Waals surface area contributed by atoms with Gasteiger partial charge >= 0.3 is 6.09 Å². The van der Waals surface area contributed by atoms with E-state index in [1.54, 1.807) is 0 Å². The van der Waals surface area contributed by atoms with Crippen molar-refractivity contribution in [3.63, 3.8) is 0 Å². The van der Waals surface area contributed by atoms with Crippen molar-refractivity contribution in [2.75, 3.05) is 0 Å². The van der Waals surface area contributed by atoms with Crippen LogP contribution >= 0.6 is 0 Å². The van der Waals surface area contributed by atoms with Crippen LogP contribution in [0.1, 0.15) is 29.2 Å². The number of aryl methyl sites for hydroxylation is 1. The minimum atomic E-state index is -0.351.